The van der Waals surface area contributed by atoms with Crippen molar-refractivity contribution in [1.29, 1.82) is 0 Å². The van der Waals surface area contributed by atoms with Gasteiger partial charge in [0.2, 0.25) is 0 Å². The highest BCUT2D eigenvalue weighted by Crippen LogP contribution is 2.15. The molecule has 0 aliphatic rings. The van der Waals surface area contributed by atoms with Gasteiger partial charge in [-0.25, -0.2) is 4.79 Å². The van der Waals surface area contributed by atoms with Gasteiger partial charge in [0.1, 0.15) is 0 Å². The van der Waals surface area contributed by atoms with Gasteiger partial charge in [0.25, 0.3) is 0 Å². The van der Waals surface area contributed by atoms with Gasteiger partial charge < -0.3 is 16.2 Å². The number of amides is 2. The second-order valence-corrected chi connectivity index (χ2v) is 12.6. The lowest BCUT2D eigenvalue weighted by molar-refractivity contribution is 0.125. The maximum Gasteiger partial charge on any atom is 0.309 e. The Hall–Kier alpha value is -0.770. The highest BCUT2D eigenvalue weighted by Gasteiger charge is 1.97. The molecule has 0 spiro atoms. The summed E-state index contributed by atoms with van der Waals surface area (Å²) in [6.07, 6.45) is 46.0. The fourth-order valence-corrected chi connectivity index (χ4v) is 5.61. The molecule has 0 aliphatic heterocycles. The molecular weight excluding hydrogens is 504 g/mol. The van der Waals surface area contributed by atoms with Crippen LogP contribution in [0.4, 0.5) is 4.79 Å². The van der Waals surface area contributed by atoms with Gasteiger partial charge in [0.05, 0.1) is 0 Å². The molecule has 248 valence electrons. The zero-order valence-electron chi connectivity index (χ0n) is 28.5. The molecule has 0 unspecified atom stereocenters. The maximum absolute atomic E-state index is 9.00. The van der Waals surface area contributed by atoms with Gasteiger partial charge in [0, 0.05) is 13.2 Å². The van der Waals surface area contributed by atoms with Crippen molar-refractivity contribution in [3.63, 3.8) is 0 Å². The van der Waals surface area contributed by atoms with Crippen LogP contribution < -0.4 is 11.5 Å². The van der Waals surface area contributed by atoms with E-state index >= 15 is 0 Å². The van der Waals surface area contributed by atoms with Crippen LogP contribution in [-0.4, -0.2) is 19.2 Å². The highest BCUT2D eigenvalue weighted by atomic mass is 16.5. The molecule has 0 aromatic rings. The van der Waals surface area contributed by atoms with Gasteiger partial charge in [-0.05, 0) is 12.8 Å². The molecule has 0 aromatic carbocycles. The van der Waals surface area contributed by atoms with Gasteiger partial charge >= 0.3 is 6.03 Å². The summed E-state index contributed by atoms with van der Waals surface area (Å²) < 4.78 is 5.87. The molecule has 4 nitrogen and oxygen atoms in total. The molecule has 2 amide bonds. The quantitative estimate of drug-likeness (QED) is 0.0740. The van der Waals surface area contributed by atoms with E-state index in [0.717, 1.165) is 13.2 Å². The first-order valence-electron chi connectivity index (χ1n) is 18.8. The Labute approximate surface area is 259 Å². The molecule has 0 heterocycles. The van der Waals surface area contributed by atoms with Crippen LogP contribution in [0, 0.1) is 0 Å². The number of carbonyl (C=O) groups excluding carboxylic acids is 1. The zero-order chi connectivity index (χ0) is 30.3. The Kier molecular flexibility index (Phi) is 42.7. The molecule has 0 bridgehead atoms. The molecule has 0 atom stereocenters. The van der Waals surface area contributed by atoms with Crippen LogP contribution in [0.15, 0.2) is 0 Å². The fourth-order valence-electron chi connectivity index (χ4n) is 5.61. The van der Waals surface area contributed by atoms with Crippen LogP contribution in [-0.2, 0) is 4.74 Å². The monoisotopic (exact) mass is 583 g/mol. The van der Waals surface area contributed by atoms with Gasteiger partial charge in [-0.15, -0.1) is 0 Å². The SMILES string of the molecule is CCCCCCCCCCCCCCCCCCOCCCCCCCCCCCCCCCCCC.NC(N)=O. The Morgan fingerprint density at radius 2 is 0.488 bits per heavy atom. The predicted octanol–water partition coefficient (Wildman–Crippen LogP) is 12.5. The molecule has 0 rings (SSSR count). The average molecular weight is 583 g/mol. The van der Waals surface area contributed by atoms with E-state index in [2.05, 4.69) is 25.3 Å². The van der Waals surface area contributed by atoms with Crippen molar-refractivity contribution in [3.05, 3.63) is 0 Å². The first-order valence-corrected chi connectivity index (χ1v) is 18.8. The lowest BCUT2D eigenvalue weighted by Crippen LogP contribution is -2.18. The zero-order valence-corrected chi connectivity index (χ0v) is 28.5. The number of nitrogens with two attached hydrogens (primary N) is 2. The number of rotatable bonds is 34. The second-order valence-electron chi connectivity index (χ2n) is 12.6. The van der Waals surface area contributed by atoms with Gasteiger partial charge in [0.15, 0.2) is 0 Å². The van der Waals surface area contributed by atoms with Crippen molar-refractivity contribution in [1.82, 2.24) is 0 Å². The van der Waals surface area contributed by atoms with E-state index < -0.39 is 6.03 Å². The minimum Gasteiger partial charge on any atom is -0.381 e. The molecular formula is C37H78N2O2. The first kappa shape index (κ1) is 42.4. The van der Waals surface area contributed by atoms with Crippen LogP contribution in [0.1, 0.15) is 219 Å². The van der Waals surface area contributed by atoms with Crippen molar-refractivity contribution in [2.24, 2.45) is 11.5 Å². The van der Waals surface area contributed by atoms with Crippen LogP contribution >= 0.6 is 0 Å². The van der Waals surface area contributed by atoms with Crippen molar-refractivity contribution in [2.45, 2.75) is 219 Å². The summed E-state index contributed by atoms with van der Waals surface area (Å²) in [5.74, 6) is 0. The fraction of sp³-hybridized carbons (Fsp3) is 0.973. The Morgan fingerprint density at radius 1 is 0.341 bits per heavy atom. The Balaban J connectivity index is 0. The van der Waals surface area contributed by atoms with Crippen molar-refractivity contribution in [2.75, 3.05) is 13.2 Å². The number of urea groups is 1. The Morgan fingerprint density at radius 3 is 0.659 bits per heavy atom. The summed E-state index contributed by atoms with van der Waals surface area (Å²) in [6, 6.07) is -0.833. The van der Waals surface area contributed by atoms with Gasteiger partial charge in [-0.1, -0.05) is 206 Å². The first-order chi connectivity index (χ1) is 20.1. The minimum absolute atomic E-state index is 0.833. The number of hydrogen-bond donors (Lipinski definition) is 2. The Bertz CT molecular complexity index is 420. The molecule has 0 saturated carbocycles. The third-order valence-corrected chi connectivity index (χ3v) is 8.28. The van der Waals surface area contributed by atoms with E-state index in [9.17, 15) is 0 Å². The minimum atomic E-state index is -0.833. The van der Waals surface area contributed by atoms with Crippen molar-refractivity contribution in [3.8, 4) is 0 Å². The molecule has 41 heavy (non-hydrogen) atoms. The van der Waals surface area contributed by atoms with Gasteiger partial charge in [-0.3, -0.25) is 0 Å². The summed E-state index contributed by atoms with van der Waals surface area (Å²) in [7, 11) is 0. The average Bonchev–Trinajstić information content (AvgIpc) is 2.95. The van der Waals surface area contributed by atoms with Crippen LogP contribution in [0.2, 0.25) is 0 Å². The number of ether oxygens (including phenoxy) is 1. The summed E-state index contributed by atoms with van der Waals surface area (Å²) in [6.45, 7) is 6.60. The standard InChI is InChI=1S/C36H74O.CH4N2O/c1-3-5-7-9-11-13-15-17-19-21-23-25-27-29-31-33-35-37-36-34-32-30-28-26-24-22-20-18-16-14-12-10-8-6-4-2;2-1(3)4/h3-36H2,1-2H3;(H4,2,3,4). The smallest absolute Gasteiger partial charge is 0.309 e. The molecule has 0 fully saturated rings. The van der Waals surface area contributed by atoms with E-state index in [1.54, 1.807) is 0 Å². The molecule has 4 heteroatoms. The summed E-state index contributed by atoms with van der Waals surface area (Å²) in [5.41, 5.74) is 8.50. The topological polar surface area (TPSA) is 78.3 Å². The van der Waals surface area contributed by atoms with E-state index in [1.165, 1.54) is 205 Å². The van der Waals surface area contributed by atoms with Crippen molar-refractivity contribution >= 4 is 6.03 Å². The molecule has 0 aliphatic carbocycles. The summed E-state index contributed by atoms with van der Waals surface area (Å²) >= 11 is 0. The van der Waals surface area contributed by atoms with Crippen LogP contribution in [0.3, 0.4) is 0 Å². The van der Waals surface area contributed by atoms with Crippen molar-refractivity contribution < 1.29 is 9.53 Å². The largest absolute Gasteiger partial charge is 0.381 e. The third kappa shape index (κ3) is 49.2. The lowest BCUT2D eigenvalue weighted by Gasteiger charge is -2.06. The molecule has 0 saturated heterocycles. The number of hydrogen-bond acceptors (Lipinski definition) is 2. The second kappa shape index (κ2) is 41.4. The van der Waals surface area contributed by atoms with E-state index in [0.29, 0.717) is 0 Å². The molecule has 0 radical (unpaired) electrons. The van der Waals surface area contributed by atoms with Crippen LogP contribution in [0.25, 0.3) is 0 Å². The number of primary amides is 2. The summed E-state index contributed by atoms with van der Waals surface area (Å²) in [5, 5.41) is 0. The third-order valence-electron chi connectivity index (χ3n) is 8.28. The van der Waals surface area contributed by atoms with Gasteiger partial charge in [-0.2, -0.15) is 0 Å². The highest BCUT2D eigenvalue weighted by molar-refractivity contribution is 5.69. The van der Waals surface area contributed by atoms with E-state index in [-0.39, 0.29) is 0 Å². The lowest BCUT2D eigenvalue weighted by atomic mass is 10.0. The molecule has 4 N–H and O–H groups in total. The number of unbranched alkanes of at least 4 members (excludes halogenated alkanes) is 30. The van der Waals surface area contributed by atoms with E-state index in [1.807, 2.05) is 0 Å². The van der Waals surface area contributed by atoms with E-state index in [4.69, 9.17) is 9.53 Å². The summed E-state index contributed by atoms with van der Waals surface area (Å²) in [4.78, 5) is 9.00. The van der Waals surface area contributed by atoms with Crippen LogP contribution in [0.5, 0.6) is 0 Å². The number of carbonyl (C=O) groups is 1. The molecule has 0 aromatic heterocycles. The maximum atomic E-state index is 9.00. The normalized spacial score (nSPS) is 11.0. The predicted molar refractivity (Wildman–Crippen MR) is 184 cm³/mol.